The molecule has 0 radical (unpaired) electrons. The van der Waals surface area contributed by atoms with Gasteiger partial charge in [-0.1, -0.05) is 35.9 Å². The van der Waals surface area contributed by atoms with Gasteiger partial charge in [-0.15, -0.1) is 5.10 Å². The van der Waals surface area contributed by atoms with E-state index in [-0.39, 0.29) is 0 Å². The van der Waals surface area contributed by atoms with Crippen LogP contribution in [-0.4, -0.2) is 64.0 Å². The highest BCUT2D eigenvalue weighted by atomic mass is 32.2. The van der Waals surface area contributed by atoms with Crippen molar-refractivity contribution in [3.63, 3.8) is 0 Å². The molecule has 152 valence electrons. The van der Waals surface area contributed by atoms with E-state index in [0.29, 0.717) is 37.6 Å². The molecule has 0 N–H and O–H groups in total. The van der Waals surface area contributed by atoms with Gasteiger partial charge in [-0.2, -0.15) is 8.99 Å². The number of sulfonamides is 1. The van der Waals surface area contributed by atoms with Crippen LogP contribution in [0.2, 0.25) is 0 Å². The smallest absolute Gasteiger partial charge is 0.243 e. The molecule has 0 amide bonds. The summed E-state index contributed by atoms with van der Waals surface area (Å²) in [7, 11) is -3.48. The van der Waals surface area contributed by atoms with E-state index >= 15 is 0 Å². The molecule has 2 heterocycles. The molecule has 1 aromatic heterocycles. The standard InChI is InChI=1S/C20H24N6O2S/c1-16-8-9-19(17(2)14-16)29(27,28)25-12-10-24(11-13-25)15-20-21-22-23-26(20)18-6-4-3-5-7-18/h3-9,14H,10-13,15H2,1-2H3. The van der Waals surface area contributed by atoms with Crippen molar-refractivity contribution < 1.29 is 8.42 Å². The zero-order chi connectivity index (χ0) is 20.4. The summed E-state index contributed by atoms with van der Waals surface area (Å²) in [6.45, 7) is 6.53. The Morgan fingerprint density at radius 2 is 1.69 bits per heavy atom. The normalized spacial score (nSPS) is 16.2. The molecule has 8 nitrogen and oxygen atoms in total. The zero-order valence-corrected chi connectivity index (χ0v) is 17.4. The Morgan fingerprint density at radius 1 is 0.966 bits per heavy atom. The minimum atomic E-state index is -3.48. The predicted octanol–water partition coefficient (Wildman–Crippen LogP) is 1.79. The van der Waals surface area contributed by atoms with Gasteiger partial charge in [0, 0.05) is 26.2 Å². The van der Waals surface area contributed by atoms with Crippen molar-refractivity contribution in [1.29, 1.82) is 0 Å². The average Bonchev–Trinajstić information content (AvgIpc) is 3.17. The molecule has 1 saturated heterocycles. The van der Waals surface area contributed by atoms with Gasteiger partial charge in [-0.25, -0.2) is 8.42 Å². The van der Waals surface area contributed by atoms with E-state index in [1.54, 1.807) is 15.1 Å². The largest absolute Gasteiger partial charge is 0.293 e. The number of tetrazole rings is 1. The van der Waals surface area contributed by atoms with Crippen LogP contribution in [0.25, 0.3) is 5.69 Å². The monoisotopic (exact) mass is 412 g/mol. The van der Waals surface area contributed by atoms with Gasteiger partial charge in [-0.05, 0) is 48.0 Å². The van der Waals surface area contributed by atoms with Gasteiger partial charge in [0.15, 0.2) is 5.82 Å². The Bertz CT molecular complexity index is 1090. The number of piperazine rings is 1. The van der Waals surface area contributed by atoms with E-state index in [0.717, 1.165) is 22.6 Å². The second kappa shape index (κ2) is 8.02. The number of hydrogen-bond donors (Lipinski definition) is 0. The molecule has 0 saturated carbocycles. The summed E-state index contributed by atoms with van der Waals surface area (Å²) < 4.78 is 29.4. The molecule has 1 aliphatic rings. The number of benzene rings is 2. The molecule has 9 heteroatoms. The maximum Gasteiger partial charge on any atom is 0.243 e. The molecular weight excluding hydrogens is 388 g/mol. The van der Waals surface area contributed by atoms with Crippen molar-refractivity contribution in [3.8, 4) is 5.69 Å². The van der Waals surface area contributed by atoms with Crippen LogP contribution in [-0.2, 0) is 16.6 Å². The fraction of sp³-hybridized carbons (Fsp3) is 0.350. The van der Waals surface area contributed by atoms with Crippen molar-refractivity contribution in [3.05, 3.63) is 65.5 Å². The summed E-state index contributed by atoms with van der Waals surface area (Å²) in [6, 6.07) is 15.2. The van der Waals surface area contributed by atoms with Crippen molar-refractivity contribution >= 4 is 10.0 Å². The maximum atomic E-state index is 13.1. The first-order chi connectivity index (χ1) is 13.9. The highest BCUT2D eigenvalue weighted by Gasteiger charge is 2.30. The maximum absolute atomic E-state index is 13.1. The summed E-state index contributed by atoms with van der Waals surface area (Å²) in [4.78, 5) is 2.57. The summed E-state index contributed by atoms with van der Waals surface area (Å²) in [5.41, 5.74) is 2.75. The van der Waals surface area contributed by atoms with E-state index in [1.165, 1.54) is 0 Å². The van der Waals surface area contributed by atoms with Crippen LogP contribution in [0.3, 0.4) is 0 Å². The van der Waals surface area contributed by atoms with Crippen molar-refractivity contribution in [1.82, 2.24) is 29.4 Å². The molecule has 4 rings (SSSR count). The number of aryl methyl sites for hydroxylation is 2. The van der Waals surface area contributed by atoms with Gasteiger partial charge in [0.25, 0.3) is 0 Å². The first-order valence-electron chi connectivity index (χ1n) is 9.57. The quantitative estimate of drug-likeness (QED) is 0.635. The van der Waals surface area contributed by atoms with Gasteiger partial charge in [-0.3, -0.25) is 4.90 Å². The number of para-hydroxylation sites is 1. The average molecular weight is 413 g/mol. The summed E-state index contributed by atoms with van der Waals surface area (Å²) in [5, 5.41) is 12.0. The zero-order valence-electron chi connectivity index (χ0n) is 16.6. The first-order valence-corrected chi connectivity index (χ1v) is 11.0. The molecular formula is C20H24N6O2S. The summed E-state index contributed by atoms with van der Waals surface area (Å²) >= 11 is 0. The third-order valence-corrected chi connectivity index (χ3v) is 7.24. The van der Waals surface area contributed by atoms with Crippen LogP contribution in [0.15, 0.2) is 53.4 Å². The van der Waals surface area contributed by atoms with Crippen LogP contribution in [0.4, 0.5) is 0 Å². The SMILES string of the molecule is Cc1ccc(S(=O)(=O)N2CCN(Cc3nnnn3-c3ccccc3)CC2)c(C)c1. The Kier molecular flexibility index (Phi) is 5.44. The highest BCUT2D eigenvalue weighted by Crippen LogP contribution is 2.22. The van der Waals surface area contributed by atoms with E-state index in [4.69, 9.17) is 0 Å². The lowest BCUT2D eigenvalue weighted by Gasteiger charge is -2.33. The predicted molar refractivity (Wildman–Crippen MR) is 109 cm³/mol. The van der Waals surface area contributed by atoms with Gasteiger partial charge in [0.05, 0.1) is 17.1 Å². The highest BCUT2D eigenvalue weighted by molar-refractivity contribution is 7.89. The lowest BCUT2D eigenvalue weighted by molar-refractivity contribution is 0.177. The van der Waals surface area contributed by atoms with E-state index in [9.17, 15) is 8.42 Å². The van der Waals surface area contributed by atoms with E-state index in [1.807, 2.05) is 56.3 Å². The fourth-order valence-electron chi connectivity index (χ4n) is 3.63. The van der Waals surface area contributed by atoms with Crippen LogP contribution >= 0.6 is 0 Å². The lowest BCUT2D eigenvalue weighted by atomic mass is 10.2. The summed E-state index contributed by atoms with van der Waals surface area (Å²) in [5.74, 6) is 0.738. The Hall–Kier alpha value is -2.62. The Balaban J connectivity index is 1.44. The first kappa shape index (κ1) is 19.7. The Labute approximate surface area is 170 Å². The van der Waals surface area contributed by atoms with Crippen molar-refractivity contribution in [2.45, 2.75) is 25.3 Å². The lowest BCUT2D eigenvalue weighted by Crippen LogP contribution is -2.48. The van der Waals surface area contributed by atoms with Gasteiger partial charge < -0.3 is 0 Å². The number of hydrogen-bond acceptors (Lipinski definition) is 6. The van der Waals surface area contributed by atoms with Gasteiger partial charge in [0.2, 0.25) is 10.0 Å². The Morgan fingerprint density at radius 3 is 2.38 bits per heavy atom. The third kappa shape index (κ3) is 4.07. The minimum absolute atomic E-state index is 0.393. The molecule has 0 atom stereocenters. The van der Waals surface area contributed by atoms with Crippen LogP contribution in [0.1, 0.15) is 17.0 Å². The second-order valence-electron chi connectivity index (χ2n) is 7.29. The third-order valence-electron chi connectivity index (χ3n) is 5.18. The molecule has 0 bridgehead atoms. The molecule has 0 aliphatic carbocycles. The van der Waals surface area contributed by atoms with Crippen LogP contribution in [0, 0.1) is 13.8 Å². The van der Waals surface area contributed by atoms with Crippen molar-refractivity contribution in [2.75, 3.05) is 26.2 Å². The topological polar surface area (TPSA) is 84.2 Å². The molecule has 1 fully saturated rings. The van der Waals surface area contributed by atoms with E-state index < -0.39 is 10.0 Å². The van der Waals surface area contributed by atoms with E-state index in [2.05, 4.69) is 20.4 Å². The van der Waals surface area contributed by atoms with Gasteiger partial charge >= 0.3 is 0 Å². The molecule has 2 aromatic carbocycles. The second-order valence-corrected chi connectivity index (χ2v) is 9.20. The van der Waals surface area contributed by atoms with Crippen LogP contribution in [0.5, 0.6) is 0 Å². The number of nitrogens with zero attached hydrogens (tertiary/aromatic N) is 6. The molecule has 0 unspecified atom stereocenters. The van der Waals surface area contributed by atoms with Gasteiger partial charge in [0.1, 0.15) is 0 Å². The fourth-order valence-corrected chi connectivity index (χ4v) is 5.26. The number of rotatable bonds is 5. The van der Waals surface area contributed by atoms with Crippen LogP contribution < -0.4 is 0 Å². The molecule has 1 aliphatic heterocycles. The minimum Gasteiger partial charge on any atom is -0.293 e. The number of aromatic nitrogens is 4. The molecule has 0 spiro atoms. The summed E-state index contributed by atoms with van der Waals surface area (Å²) in [6.07, 6.45) is 0. The molecule has 29 heavy (non-hydrogen) atoms. The molecule has 3 aromatic rings. The van der Waals surface area contributed by atoms with Crippen molar-refractivity contribution in [2.24, 2.45) is 0 Å².